The number of hydrogen-bond donors (Lipinski definition) is 0. The highest BCUT2D eigenvalue weighted by atomic mass is 15.2. The fraction of sp³-hybridized carbons (Fsp3) is 0.222. The van der Waals surface area contributed by atoms with Crippen LogP contribution in [0.3, 0.4) is 0 Å². The normalized spacial score (nSPS) is 13.1. The van der Waals surface area contributed by atoms with Gasteiger partial charge in [-0.15, -0.1) is 0 Å². The van der Waals surface area contributed by atoms with Crippen molar-refractivity contribution >= 4 is 57.2 Å². The summed E-state index contributed by atoms with van der Waals surface area (Å²) in [7, 11) is 0. The minimum Gasteiger partial charge on any atom is -0.311 e. The van der Waals surface area contributed by atoms with Crippen LogP contribution in [0, 0.1) is 0 Å². The summed E-state index contributed by atoms with van der Waals surface area (Å²) in [5.74, 6) is 1.92. The first-order valence-corrected chi connectivity index (χ1v) is 21.0. The van der Waals surface area contributed by atoms with Gasteiger partial charge in [-0.25, -0.2) is 0 Å². The summed E-state index contributed by atoms with van der Waals surface area (Å²) in [5, 5.41) is 0. The third-order valence-electron chi connectivity index (χ3n) is 12.4. The van der Waals surface area contributed by atoms with Crippen molar-refractivity contribution < 1.29 is 0 Å². The molecule has 2 nitrogen and oxygen atoms in total. The van der Waals surface area contributed by atoms with Crippen LogP contribution in [-0.4, -0.2) is 6.71 Å². The van der Waals surface area contributed by atoms with E-state index in [2.05, 4.69) is 217 Å². The SMILES string of the molecule is CC(C)c1ccc(-c2ccc3c(c2)B2c4cc(-c5ccc(C(C)C)cc5)ccc4N(c4ccc(C(C)C)cc4)c4cccc(c42)N3c2ccc(C(C)C)cc2)cc1. The lowest BCUT2D eigenvalue weighted by molar-refractivity contribution is 0.866. The van der Waals surface area contributed by atoms with Crippen LogP contribution in [0.4, 0.5) is 34.1 Å². The number of rotatable bonds is 8. The van der Waals surface area contributed by atoms with Gasteiger partial charge in [0.2, 0.25) is 0 Å². The van der Waals surface area contributed by atoms with Crippen molar-refractivity contribution in [3.05, 3.63) is 174 Å². The maximum Gasteiger partial charge on any atom is 0.252 e. The summed E-state index contributed by atoms with van der Waals surface area (Å²) < 4.78 is 0. The van der Waals surface area contributed by atoms with Gasteiger partial charge in [0.05, 0.1) is 0 Å². The monoisotopic (exact) mass is 740 g/mol. The predicted molar refractivity (Wildman–Crippen MR) is 248 cm³/mol. The number of nitrogens with zero attached hydrogens (tertiary/aromatic N) is 2. The van der Waals surface area contributed by atoms with Crippen molar-refractivity contribution in [1.82, 2.24) is 0 Å². The van der Waals surface area contributed by atoms with Crippen LogP contribution in [0.15, 0.2) is 152 Å². The topological polar surface area (TPSA) is 6.48 Å². The molecule has 0 amide bonds. The molecule has 0 spiro atoms. The summed E-state index contributed by atoms with van der Waals surface area (Å²) in [6, 6.07) is 58.2. The summed E-state index contributed by atoms with van der Waals surface area (Å²) in [5.41, 5.74) is 21.7. The zero-order chi connectivity index (χ0) is 39.5. The summed E-state index contributed by atoms with van der Waals surface area (Å²) >= 11 is 0. The van der Waals surface area contributed by atoms with Crippen LogP contribution in [0.1, 0.15) is 101 Å². The quantitative estimate of drug-likeness (QED) is 0.143. The Morgan fingerprint density at radius 2 is 0.649 bits per heavy atom. The molecule has 7 aromatic carbocycles. The van der Waals surface area contributed by atoms with Crippen LogP contribution in [0.5, 0.6) is 0 Å². The molecule has 0 aliphatic carbocycles. The Bertz CT molecular complexity index is 2390. The van der Waals surface area contributed by atoms with Crippen molar-refractivity contribution in [2.75, 3.05) is 9.80 Å². The van der Waals surface area contributed by atoms with Crippen LogP contribution in [0.25, 0.3) is 22.3 Å². The lowest BCUT2D eigenvalue weighted by atomic mass is 9.33. The molecule has 0 aromatic heterocycles. The van der Waals surface area contributed by atoms with Gasteiger partial charge in [0.25, 0.3) is 6.71 Å². The molecule has 0 unspecified atom stereocenters. The second kappa shape index (κ2) is 14.6. The number of anilines is 6. The van der Waals surface area contributed by atoms with Gasteiger partial charge in [-0.1, -0.05) is 159 Å². The summed E-state index contributed by atoms with van der Waals surface area (Å²) in [6.45, 7) is 18.2. The van der Waals surface area contributed by atoms with Crippen molar-refractivity contribution in [3.8, 4) is 22.3 Å². The molecule has 0 atom stereocenters. The fourth-order valence-electron chi connectivity index (χ4n) is 9.00. The van der Waals surface area contributed by atoms with E-state index in [4.69, 9.17) is 0 Å². The van der Waals surface area contributed by atoms with Crippen LogP contribution in [-0.2, 0) is 0 Å². The van der Waals surface area contributed by atoms with E-state index in [0.29, 0.717) is 23.7 Å². The molecule has 2 heterocycles. The van der Waals surface area contributed by atoms with Crippen LogP contribution in [0.2, 0.25) is 0 Å². The molecule has 57 heavy (non-hydrogen) atoms. The molecule has 0 radical (unpaired) electrons. The molecule has 2 aliphatic rings. The highest BCUT2D eigenvalue weighted by Crippen LogP contribution is 2.45. The Morgan fingerprint density at radius 3 is 0.982 bits per heavy atom. The molecule has 282 valence electrons. The average molecular weight is 741 g/mol. The van der Waals surface area contributed by atoms with E-state index in [9.17, 15) is 0 Å². The molecule has 9 rings (SSSR count). The Kier molecular flexibility index (Phi) is 9.44. The van der Waals surface area contributed by atoms with Gasteiger partial charge in [0.15, 0.2) is 0 Å². The molecule has 3 heteroatoms. The van der Waals surface area contributed by atoms with E-state index in [0.717, 1.165) is 0 Å². The molecule has 0 saturated carbocycles. The second-order valence-electron chi connectivity index (χ2n) is 17.4. The van der Waals surface area contributed by atoms with E-state index >= 15 is 0 Å². The fourth-order valence-corrected chi connectivity index (χ4v) is 9.00. The van der Waals surface area contributed by atoms with Crippen molar-refractivity contribution in [2.24, 2.45) is 0 Å². The molecular weight excluding hydrogens is 687 g/mol. The first kappa shape index (κ1) is 36.8. The zero-order valence-electron chi connectivity index (χ0n) is 34.7. The second-order valence-corrected chi connectivity index (χ2v) is 17.4. The van der Waals surface area contributed by atoms with Gasteiger partial charge < -0.3 is 9.80 Å². The third-order valence-corrected chi connectivity index (χ3v) is 12.4. The minimum absolute atomic E-state index is 0.0309. The molecule has 0 fully saturated rings. The standard InChI is InChI=1S/C54H53BN2/c1-34(2)38-12-16-42(17-13-38)44-24-30-50-48(32-44)55-49-33-45(43-18-14-39(15-19-43)35(3)4)25-31-51(49)57(47-28-22-41(23-29-47)37(7)8)53-11-9-10-52(54(53)55)56(50)46-26-20-40(21-27-46)36(5)6/h9-37H,1-8H3. The summed E-state index contributed by atoms with van der Waals surface area (Å²) in [4.78, 5) is 5.03. The maximum absolute atomic E-state index is 2.51. The van der Waals surface area contributed by atoms with E-state index in [-0.39, 0.29) is 6.71 Å². The van der Waals surface area contributed by atoms with E-state index < -0.39 is 0 Å². The van der Waals surface area contributed by atoms with Gasteiger partial charge in [0, 0.05) is 34.1 Å². The maximum atomic E-state index is 2.51. The minimum atomic E-state index is 0.0309. The van der Waals surface area contributed by atoms with Gasteiger partial charge in [-0.3, -0.25) is 0 Å². The first-order chi connectivity index (χ1) is 27.6. The Balaban J connectivity index is 1.31. The number of fused-ring (bicyclic) bond motifs is 4. The largest absolute Gasteiger partial charge is 0.311 e. The Morgan fingerprint density at radius 1 is 0.333 bits per heavy atom. The number of hydrogen-bond acceptors (Lipinski definition) is 2. The van der Waals surface area contributed by atoms with Crippen molar-refractivity contribution in [3.63, 3.8) is 0 Å². The van der Waals surface area contributed by atoms with E-state index in [1.165, 1.54) is 95.0 Å². The smallest absolute Gasteiger partial charge is 0.252 e. The predicted octanol–water partition coefficient (Wildman–Crippen LogP) is 13.6. The Hall–Kier alpha value is -5.80. The van der Waals surface area contributed by atoms with Crippen molar-refractivity contribution in [1.29, 1.82) is 0 Å². The van der Waals surface area contributed by atoms with Crippen LogP contribution >= 0.6 is 0 Å². The molecule has 7 aromatic rings. The average Bonchev–Trinajstić information content (AvgIpc) is 3.23. The van der Waals surface area contributed by atoms with Crippen LogP contribution < -0.4 is 26.2 Å². The highest BCUT2D eigenvalue weighted by molar-refractivity contribution is 7.00. The van der Waals surface area contributed by atoms with Gasteiger partial charge in [0.1, 0.15) is 0 Å². The molecule has 0 bridgehead atoms. The zero-order valence-corrected chi connectivity index (χ0v) is 34.7. The molecular formula is C54H53BN2. The molecule has 2 aliphatic heterocycles. The lowest BCUT2D eigenvalue weighted by Crippen LogP contribution is -2.61. The van der Waals surface area contributed by atoms with Gasteiger partial charge in [-0.2, -0.15) is 0 Å². The number of benzene rings is 7. The first-order valence-electron chi connectivity index (χ1n) is 21.0. The van der Waals surface area contributed by atoms with E-state index in [1.54, 1.807) is 0 Å². The Labute approximate surface area is 340 Å². The molecule has 0 N–H and O–H groups in total. The third kappa shape index (κ3) is 6.48. The van der Waals surface area contributed by atoms with Gasteiger partial charge >= 0.3 is 0 Å². The summed E-state index contributed by atoms with van der Waals surface area (Å²) in [6.07, 6.45) is 0. The van der Waals surface area contributed by atoms with E-state index in [1.807, 2.05) is 0 Å². The van der Waals surface area contributed by atoms with Gasteiger partial charge in [-0.05, 0) is 133 Å². The lowest BCUT2D eigenvalue weighted by Gasteiger charge is -2.44. The highest BCUT2D eigenvalue weighted by Gasteiger charge is 2.43. The molecule has 0 saturated heterocycles. The van der Waals surface area contributed by atoms with Crippen molar-refractivity contribution in [2.45, 2.75) is 79.1 Å².